The van der Waals surface area contributed by atoms with Gasteiger partial charge in [0.2, 0.25) is 0 Å². The van der Waals surface area contributed by atoms with Crippen molar-refractivity contribution in [3.8, 4) is 0 Å². The zero-order valence-corrected chi connectivity index (χ0v) is 12.3. The molecule has 0 fully saturated rings. The molecule has 0 aliphatic rings. The molecule has 2 N–H and O–H groups in total. The van der Waals surface area contributed by atoms with Crippen LogP contribution in [-0.4, -0.2) is 35.2 Å². The third kappa shape index (κ3) is 4.16. The number of benzene rings is 1. The van der Waals surface area contributed by atoms with E-state index in [1.165, 1.54) is 12.1 Å². The van der Waals surface area contributed by atoms with Crippen molar-refractivity contribution in [1.29, 1.82) is 0 Å². The SMILES string of the molecule is CN(CCO)c1ccc(NCc2ccc([N+](=O)[O-])cc2)nc1. The fourth-order valence-electron chi connectivity index (χ4n) is 1.92. The molecule has 0 saturated carbocycles. The highest BCUT2D eigenvalue weighted by Crippen LogP contribution is 2.15. The van der Waals surface area contributed by atoms with E-state index in [9.17, 15) is 10.1 Å². The van der Waals surface area contributed by atoms with Crippen molar-refractivity contribution in [1.82, 2.24) is 4.98 Å². The van der Waals surface area contributed by atoms with Gasteiger partial charge in [0.1, 0.15) is 5.82 Å². The van der Waals surface area contributed by atoms with Crippen LogP contribution in [0.3, 0.4) is 0 Å². The molecule has 1 heterocycles. The standard InChI is InChI=1S/C15H18N4O3/c1-18(8-9-20)14-6-7-15(17-11-14)16-10-12-2-4-13(5-3-12)19(21)22/h2-7,11,20H,8-10H2,1H3,(H,16,17). The number of likely N-dealkylation sites (N-methyl/N-ethyl adjacent to an activating group) is 1. The minimum Gasteiger partial charge on any atom is -0.395 e. The number of aliphatic hydroxyl groups excluding tert-OH is 1. The molecule has 0 bridgehead atoms. The lowest BCUT2D eigenvalue weighted by Gasteiger charge is -2.17. The molecular formula is C15H18N4O3. The smallest absolute Gasteiger partial charge is 0.269 e. The summed E-state index contributed by atoms with van der Waals surface area (Å²) in [5.41, 5.74) is 1.95. The zero-order chi connectivity index (χ0) is 15.9. The van der Waals surface area contributed by atoms with E-state index in [0.29, 0.717) is 13.1 Å². The number of nitro benzene ring substituents is 1. The summed E-state index contributed by atoms with van der Waals surface area (Å²) >= 11 is 0. The van der Waals surface area contributed by atoms with Crippen molar-refractivity contribution >= 4 is 17.2 Å². The second-order valence-corrected chi connectivity index (χ2v) is 4.82. The summed E-state index contributed by atoms with van der Waals surface area (Å²) in [7, 11) is 1.89. The molecule has 2 aromatic rings. The minimum atomic E-state index is -0.416. The lowest BCUT2D eigenvalue weighted by atomic mass is 10.2. The highest BCUT2D eigenvalue weighted by Gasteiger charge is 2.04. The van der Waals surface area contributed by atoms with E-state index in [2.05, 4.69) is 10.3 Å². The van der Waals surface area contributed by atoms with Crippen molar-refractivity contribution in [2.75, 3.05) is 30.4 Å². The number of hydrogen-bond acceptors (Lipinski definition) is 6. The van der Waals surface area contributed by atoms with Crippen molar-refractivity contribution < 1.29 is 10.0 Å². The molecule has 1 aromatic carbocycles. The van der Waals surface area contributed by atoms with Gasteiger partial charge < -0.3 is 15.3 Å². The van der Waals surface area contributed by atoms with Gasteiger partial charge in [-0.1, -0.05) is 12.1 Å². The van der Waals surface area contributed by atoms with Crippen LogP contribution in [0.1, 0.15) is 5.56 Å². The van der Waals surface area contributed by atoms with E-state index in [1.54, 1.807) is 18.3 Å². The lowest BCUT2D eigenvalue weighted by molar-refractivity contribution is -0.384. The van der Waals surface area contributed by atoms with Gasteiger partial charge in [-0.25, -0.2) is 4.98 Å². The van der Waals surface area contributed by atoms with Crippen molar-refractivity contribution in [3.63, 3.8) is 0 Å². The number of nitrogens with one attached hydrogen (secondary N) is 1. The molecule has 1 aromatic heterocycles. The highest BCUT2D eigenvalue weighted by molar-refractivity contribution is 5.49. The summed E-state index contributed by atoms with van der Waals surface area (Å²) in [6.45, 7) is 1.19. The summed E-state index contributed by atoms with van der Waals surface area (Å²) < 4.78 is 0. The highest BCUT2D eigenvalue weighted by atomic mass is 16.6. The predicted molar refractivity (Wildman–Crippen MR) is 85.0 cm³/mol. The van der Waals surface area contributed by atoms with E-state index >= 15 is 0 Å². The summed E-state index contributed by atoms with van der Waals surface area (Å²) in [5, 5.41) is 22.6. The fourth-order valence-corrected chi connectivity index (χ4v) is 1.92. The maximum atomic E-state index is 10.6. The number of nitro groups is 1. The van der Waals surface area contributed by atoms with E-state index in [1.807, 2.05) is 24.1 Å². The van der Waals surface area contributed by atoms with Crippen LogP contribution in [0.4, 0.5) is 17.2 Å². The number of non-ortho nitro benzene ring substituents is 1. The molecule has 0 saturated heterocycles. The number of aromatic nitrogens is 1. The molecule has 0 aliphatic heterocycles. The van der Waals surface area contributed by atoms with Gasteiger partial charge in [-0.2, -0.15) is 0 Å². The van der Waals surface area contributed by atoms with Crippen LogP contribution < -0.4 is 10.2 Å². The molecule has 7 nitrogen and oxygen atoms in total. The zero-order valence-electron chi connectivity index (χ0n) is 12.3. The first kappa shape index (κ1) is 15.7. The molecule has 0 atom stereocenters. The van der Waals surface area contributed by atoms with Gasteiger partial charge >= 0.3 is 0 Å². The van der Waals surface area contributed by atoms with Gasteiger partial charge in [-0.3, -0.25) is 10.1 Å². The van der Waals surface area contributed by atoms with Gasteiger partial charge in [-0.05, 0) is 17.7 Å². The van der Waals surface area contributed by atoms with Gasteiger partial charge in [-0.15, -0.1) is 0 Å². The average molecular weight is 302 g/mol. The summed E-state index contributed by atoms with van der Waals surface area (Å²) in [5.74, 6) is 0.722. The Labute approximate surface area is 128 Å². The molecule has 22 heavy (non-hydrogen) atoms. The topological polar surface area (TPSA) is 91.5 Å². The van der Waals surface area contributed by atoms with Crippen LogP contribution in [0.5, 0.6) is 0 Å². The van der Waals surface area contributed by atoms with Gasteiger partial charge in [0.25, 0.3) is 5.69 Å². The number of nitrogens with zero attached hydrogens (tertiary/aromatic N) is 3. The Morgan fingerprint density at radius 1 is 1.27 bits per heavy atom. The Kier molecular flexibility index (Phi) is 5.26. The molecule has 0 aliphatic carbocycles. The van der Waals surface area contributed by atoms with Gasteiger partial charge in [0, 0.05) is 32.3 Å². The number of pyridine rings is 1. The van der Waals surface area contributed by atoms with Crippen molar-refractivity contribution in [2.24, 2.45) is 0 Å². The predicted octanol–water partition coefficient (Wildman–Crippen LogP) is 2.03. The summed E-state index contributed by atoms with van der Waals surface area (Å²) in [6, 6.07) is 10.2. The number of rotatable bonds is 7. The molecular weight excluding hydrogens is 284 g/mol. The number of aliphatic hydroxyl groups is 1. The first-order chi connectivity index (χ1) is 10.6. The molecule has 0 unspecified atom stereocenters. The monoisotopic (exact) mass is 302 g/mol. The van der Waals surface area contributed by atoms with Crippen LogP contribution in [0.25, 0.3) is 0 Å². The summed E-state index contributed by atoms with van der Waals surface area (Å²) in [6.07, 6.45) is 1.73. The first-order valence-electron chi connectivity index (χ1n) is 6.85. The third-order valence-corrected chi connectivity index (χ3v) is 3.24. The van der Waals surface area contributed by atoms with Crippen LogP contribution in [-0.2, 0) is 6.54 Å². The molecule has 0 amide bonds. The van der Waals surface area contributed by atoms with E-state index in [-0.39, 0.29) is 12.3 Å². The molecule has 0 radical (unpaired) electrons. The van der Waals surface area contributed by atoms with Crippen molar-refractivity contribution in [2.45, 2.75) is 6.54 Å². The molecule has 2 rings (SSSR count). The van der Waals surface area contributed by atoms with E-state index in [4.69, 9.17) is 5.11 Å². The number of anilines is 2. The average Bonchev–Trinajstić information content (AvgIpc) is 2.54. The fraction of sp³-hybridized carbons (Fsp3) is 0.267. The minimum absolute atomic E-state index is 0.0816. The molecule has 116 valence electrons. The van der Waals surface area contributed by atoms with Crippen molar-refractivity contribution in [3.05, 3.63) is 58.3 Å². The Morgan fingerprint density at radius 2 is 2.00 bits per heavy atom. The van der Waals surface area contributed by atoms with Crippen LogP contribution in [0, 0.1) is 10.1 Å². The second-order valence-electron chi connectivity index (χ2n) is 4.82. The normalized spacial score (nSPS) is 10.3. The quantitative estimate of drug-likeness (QED) is 0.600. The third-order valence-electron chi connectivity index (χ3n) is 3.24. The van der Waals surface area contributed by atoms with E-state index in [0.717, 1.165) is 17.1 Å². The van der Waals surface area contributed by atoms with Crippen LogP contribution in [0.2, 0.25) is 0 Å². The largest absolute Gasteiger partial charge is 0.395 e. The van der Waals surface area contributed by atoms with Gasteiger partial charge in [0.05, 0.1) is 23.4 Å². The molecule has 0 spiro atoms. The Hall–Kier alpha value is -2.67. The summed E-state index contributed by atoms with van der Waals surface area (Å²) in [4.78, 5) is 16.4. The Morgan fingerprint density at radius 3 is 2.55 bits per heavy atom. The molecule has 7 heteroatoms. The van der Waals surface area contributed by atoms with Crippen LogP contribution >= 0.6 is 0 Å². The lowest BCUT2D eigenvalue weighted by Crippen LogP contribution is -2.21. The van der Waals surface area contributed by atoms with Gasteiger partial charge in [0.15, 0.2) is 0 Å². The van der Waals surface area contributed by atoms with Crippen LogP contribution in [0.15, 0.2) is 42.6 Å². The second kappa shape index (κ2) is 7.37. The Bertz CT molecular complexity index is 614. The maximum Gasteiger partial charge on any atom is 0.269 e. The maximum absolute atomic E-state index is 10.6. The number of hydrogen-bond donors (Lipinski definition) is 2. The van der Waals surface area contributed by atoms with E-state index < -0.39 is 4.92 Å². The Balaban J connectivity index is 1.92. The first-order valence-corrected chi connectivity index (χ1v) is 6.85.